The molecule has 0 fully saturated rings. The number of rotatable bonds is 4. The van der Waals surface area contributed by atoms with Gasteiger partial charge in [0.05, 0.1) is 5.69 Å². The number of amides is 1. The second kappa shape index (κ2) is 7.07. The molecule has 1 aromatic rings. The Bertz CT molecular complexity index is 490. The van der Waals surface area contributed by atoms with E-state index in [9.17, 15) is 4.79 Å². The van der Waals surface area contributed by atoms with E-state index in [2.05, 4.69) is 31.2 Å². The monoisotopic (exact) mass is 355 g/mol. The summed E-state index contributed by atoms with van der Waals surface area (Å²) in [6.07, 6.45) is 0.211. The Kier molecular flexibility index (Phi) is 6.20. The molecule has 0 atom stereocenters. The van der Waals surface area contributed by atoms with Crippen LogP contribution >= 0.6 is 34.8 Å². The molecule has 1 N–H and O–H groups in total. The minimum atomic E-state index is -1.63. The molecule has 0 aliphatic carbocycles. The molecule has 0 saturated carbocycles. The third-order valence-electron chi connectivity index (χ3n) is 2.58. The van der Waals surface area contributed by atoms with E-state index in [-0.39, 0.29) is 12.0 Å². The van der Waals surface area contributed by atoms with Gasteiger partial charge in [0.15, 0.2) is 0 Å². The van der Waals surface area contributed by atoms with Gasteiger partial charge in [-0.2, -0.15) is 5.10 Å². The molecule has 0 bridgehead atoms. The van der Waals surface area contributed by atoms with Crippen LogP contribution in [0.25, 0.3) is 0 Å². The number of anilines is 1. The number of halogens is 3. The number of aryl methyl sites for hydroxylation is 1. The lowest BCUT2D eigenvalue weighted by Crippen LogP contribution is -2.22. The van der Waals surface area contributed by atoms with Gasteiger partial charge in [-0.15, -0.1) is 0 Å². The van der Waals surface area contributed by atoms with E-state index in [0.29, 0.717) is 12.4 Å². The third-order valence-corrected chi connectivity index (χ3v) is 2.91. The van der Waals surface area contributed by atoms with Crippen LogP contribution in [0, 0.1) is 0 Å². The Labute approximate surface area is 139 Å². The molecule has 0 aliphatic rings. The van der Waals surface area contributed by atoms with E-state index in [0.717, 1.165) is 12.1 Å². The van der Waals surface area contributed by atoms with Crippen molar-refractivity contribution in [3.63, 3.8) is 0 Å². The Morgan fingerprint density at radius 3 is 2.48 bits per heavy atom. The summed E-state index contributed by atoms with van der Waals surface area (Å²) in [5.41, 5.74) is 0.768. The summed E-state index contributed by atoms with van der Waals surface area (Å²) in [5, 5.41) is 7.13. The van der Waals surface area contributed by atoms with Gasteiger partial charge in [-0.05, 0) is 6.42 Å². The van der Waals surface area contributed by atoms with Gasteiger partial charge in [-0.3, -0.25) is 5.32 Å². The maximum Gasteiger partial charge on any atom is 0.412 e. The Morgan fingerprint density at radius 2 is 2.00 bits per heavy atom. The third kappa shape index (κ3) is 6.32. The number of ether oxygens (including phenoxy) is 1. The lowest BCUT2D eigenvalue weighted by atomic mass is 9.92. The maximum absolute atomic E-state index is 11.7. The van der Waals surface area contributed by atoms with Gasteiger partial charge in [-0.1, -0.05) is 62.5 Å². The summed E-state index contributed by atoms with van der Waals surface area (Å²) in [6, 6.07) is 1.83. The van der Waals surface area contributed by atoms with E-state index in [1.165, 1.54) is 0 Å². The van der Waals surface area contributed by atoms with E-state index in [1.807, 2.05) is 13.0 Å². The molecule has 0 aliphatic heterocycles. The van der Waals surface area contributed by atoms with Crippen LogP contribution < -0.4 is 5.32 Å². The predicted molar refractivity (Wildman–Crippen MR) is 86.5 cm³/mol. The molecule has 0 spiro atoms. The van der Waals surface area contributed by atoms with Crippen LogP contribution in [0.3, 0.4) is 0 Å². The summed E-state index contributed by atoms with van der Waals surface area (Å²) in [4.78, 5) is 11.7. The van der Waals surface area contributed by atoms with Crippen molar-refractivity contribution in [3.8, 4) is 0 Å². The Hall–Kier alpha value is -0.650. The summed E-state index contributed by atoms with van der Waals surface area (Å²) in [7, 11) is 0. The molecule has 5 nitrogen and oxygen atoms in total. The fourth-order valence-corrected chi connectivity index (χ4v) is 1.72. The smallest absolute Gasteiger partial charge is 0.412 e. The van der Waals surface area contributed by atoms with Gasteiger partial charge >= 0.3 is 6.09 Å². The summed E-state index contributed by atoms with van der Waals surface area (Å²) in [6.45, 7) is 8.56. The molecule has 120 valence electrons. The number of carbonyl (C=O) groups excluding carboxylic acids is 1. The molecule has 8 heteroatoms. The van der Waals surface area contributed by atoms with Crippen molar-refractivity contribution < 1.29 is 9.53 Å². The highest BCUT2D eigenvalue weighted by atomic mass is 35.6. The quantitative estimate of drug-likeness (QED) is 0.808. The molecule has 1 rings (SSSR count). The number of aromatic nitrogens is 2. The maximum atomic E-state index is 11.7. The van der Waals surface area contributed by atoms with Gasteiger partial charge in [-0.25, -0.2) is 9.48 Å². The molecule has 21 heavy (non-hydrogen) atoms. The Morgan fingerprint density at radius 1 is 1.38 bits per heavy atom. The standard InChI is InChI=1S/C13H20Cl3N3O2/c1-5-6-19-10(7-9(18-19)12(2,3)4)17-11(20)21-8-13(14,15)16/h7H,5-6,8H2,1-4H3,(H,17,20). The number of carbonyl (C=O) groups is 1. The molecule has 1 heterocycles. The zero-order valence-corrected chi connectivity index (χ0v) is 14.8. The number of alkyl halides is 3. The first-order valence-electron chi connectivity index (χ1n) is 6.62. The van der Waals surface area contributed by atoms with Crippen molar-refractivity contribution in [2.45, 2.75) is 49.9 Å². The zero-order valence-electron chi connectivity index (χ0n) is 12.5. The first kappa shape index (κ1) is 18.4. The number of nitrogens with one attached hydrogen (secondary N) is 1. The van der Waals surface area contributed by atoms with Crippen LogP contribution in [-0.2, 0) is 16.7 Å². The molecular formula is C13H20Cl3N3O2. The van der Waals surface area contributed by atoms with Crippen LogP contribution in [-0.4, -0.2) is 26.3 Å². The fraction of sp³-hybridized carbons (Fsp3) is 0.692. The average molecular weight is 357 g/mol. The van der Waals surface area contributed by atoms with Gasteiger partial charge in [0.1, 0.15) is 12.4 Å². The summed E-state index contributed by atoms with van der Waals surface area (Å²) in [5.74, 6) is 0.566. The lowest BCUT2D eigenvalue weighted by Gasteiger charge is -2.13. The van der Waals surface area contributed by atoms with Crippen molar-refractivity contribution in [3.05, 3.63) is 11.8 Å². The average Bonchev–Trinajstić information content (AvgIpc) is 2.69. The largest absolute Gasteiger partial charge is 0.445 e. The molecule has 1 amide bonds. The van der Waals surface area contributed by atoms with Crippen LogP contribution in [0.2, 0.25) is 0 Å². The van der Waals surface area contributed by atoms with E-state index >= 15 is 0 Å². The molecule has 0 unspecified atom stereocenters. The topological polar surface area (TPSA) is 56.2 Å². The highest BCUT2D eigenvalue weighted by Gasteiger charge is 2.24. The molecule has 0 aromatic carbocycles. The van der Waals surface area contributed by atoms with Crippen LogP contribution in [0.4, 0.5) is 10.6 Å². The predicted octanol–water partition coefficient (Wildman–Crippen LogP) is 4.51. The van der Waals surface area contributed by atoms with Crippen molar-refractivity contribution in [2.75, 3.05) is 11.9 Å². The molecule has 0 radical (unpaired) electrons. The fourth-order valence-electron chi connectivity index (χ4n) is 1.55. The minimum Gasteiger partial charge on any atom is -0.445 e. The van der Waals surface area contributed by atoms with Crippen molar-refractivity contribution in [1.29, 1.82) is 0 Å². The number of nitrogens with zero attached hydrogens (tertiary/aromatic N) is 2. The molecule has 0 saturated heterocycles. The summed E-state index contributed by atoms with van der Waals surface area (Å²) < 4.78 is 4.96. The van der Waals surface area contributed by atoms with Crippen LogP contribution in [0.1, 0.15) is 39.8 Å². The van der Waals surface area contributed by atoms with Crippen LogP contribution in [0.5, 0.6) is 0 Å². The van der Waals surface area contributed by atoms with Crippen molar-refractivity contribution >= 4 is 46.7 Å². The Balaban J connectivity index is 2.81. The SMILES string of the molecule is CCCn1nc(C(C)(C)C)cc1NC(=O)OCC(Cl)(Cl)Cl. The molecule has 1 aromatic heterocycles. The first-order valence-corrected chi connectivity index (χ1v) is 7.75. The van der Waals surface area contributed by atoms with E-state index in [1.54, 1.807) is 4.68 Å². The van der Waals surface area contributed by atoms with Gasteiger partial charge in [0.2, 0.25) is 3.79 Å². The second-order valence-corrected chi connectivity index (χ2v) is 8.22. The highest BCUT2D eigenvalue weighted by molar-refractivity contribution is 6.67. The van der Waals surface area contributed by atoms with Crippen molar-refractivity contribution in [2.24, 2.45) is 0 Å². The highest BCUT2D eigenvalue weighted by Crippen LogP contribution is 2.27. The number of hydrogen-bond acceptors (Lipinski definition) is 3. The second-order valence-electron chi connectivity index (χ2n) is 5.70. The number of hydrogen-bond donors (Lipinski definition) is 1. The van der Waals surface area contributed by atoms with E-state index in [4.69, 9.17) is 39.5 Å². The van der Waals surface area contributed by atoms with Crippen LogP contribution in [0.15, 0.2) is 6.07 Å². The van der Waals surface area contributed by atoms with Gasteiger partial charge < -0.3 is 4.74 Å². The summed E-state index contributed by atoms with van der Waals surface area (Å²) >= 11 is 16.6. The van der Waals surface area contributed by atoms with E-state index < -0.39 is 9.89 Å². The molecular weight excluding hydrogens is 337 g/mol. The first-order chi connectivity index (χ1) is 9.53. The lowest BCUT2D eigenvalue weighted by molar-refractivity contribution is 0.163. The van der Waals surface area contributed by atoms with Gasteiger partial charge in [0, 0.05) is 18.0 Å². The normalized spacial score (nSPS) is 12.3. The zero-order chi connectivity index (χ0) is 16.3. The van der Waals surface area contributed by atoms with Crippen molar-refractivity contribution in [1.82, 2.24) is 9.78 Å². The van der Waals surface area contributed by atoms with Gasteiger partial charge in [0.25, 0.3) is 0 Å². The minimum absolute atomic E-state index is 0.114.